The van der Waals surface area contributed by atoms with Gasteiger partial charge in [-0.3, -0.25) is 4.79 Å². The summed E-state index contributed by atoms with van der Waals surface area (Å²) in [4.78, 5) is 39.3. The lowest BCUT2D eigenvalue weighted by atomic mass is 9.81. The number of nitrogens with zero attached hydrogens (tertiary/aromatic N) is 1. The van der Waals surface area contributed by atoms with Gasteiger partial charge in [-0.2, -0.15) is 0 Å². The van der Waals surface area contributed by atoms with E-state index in [1.165, 1.54) is 0 Å². The molecule has 0 spiro atoms. The molecule has 0 unspecified atom stereocenters. The van der Waals surface area contributed by atoms with Crippen molar-refractivity contribution in [1.29, 1.82) is 0 Å². The summed E-state index contributed by atoms with van der Waals surface area (Å²) in [5.41, 5.74) is 1.90. The summed E-state index contributed by atoms with van der Waals surface area (Å²) in [5.74, 6) is 1.45. The number of amides is 3. The first-order valence-electron chi connectivity index (χ1n) is 12.4. The molecule has 1 fully saturated rings. The number of carbonyl (C=O) groups excluding carboxylic acids is 3. The lowest BCUT2D eigenvalue weighted by Crippen LogP contribution is -2.46. The number of anilines is 1. The van der Waals surface area contributed by atoms with Crippen LogP contribution in [0, 0.1) is 11.8 Å². The summed E-state index contributed by atoms with van der Waals surface area (Å²) in [7, 11) is 0. The number of benzene rings is 2. The number of hydrogen-bond donors (Lipinski definition) is 2. The molecule has 2 aliphatic heterocycles. The highest BCUT2D eigenvalue weighted by atomic mass is 16.7. The minimum atomic E-state index is -0.419. The van der Waals surface area contributed by atoms with Crippen LogP contribution in [0.3, 0.4) is 0 Å². The first-order valence-corrected chi connectivity index (χ1v) is 12.4. The van der Waals surface area contributed by atoms with Gasteiger partial charge in [0.25, 0.3) is 0 Å². The molecule has 36 heavy (non-hydrogen) atoms. The predicted octanol–water partition coefficient (Wildman–Crippen LogP) is 4.18. The minimum absolute atomic E-state index is 0.00444. The van der Waals surface area contributed by atoms with Crippen molar-refractivity contribution in [2.45, 2.75) is 39.7 Å². The Balaban J connectivity index is 1.27. The first kappa shape index (κ1) is 25.3. The van der Waals surface area contributed by atoms with Crippen molar-refractivity contribution >= 4 is 23.6 Å². The average molecular weight is 496 g/mol. The van der Waals surface area contributed by atoms with Crippen molar-refractivity contribution < 1.29 is 28.6 Å². The van der Waals surface area contributed by atoms with Crippen molar-refractivity contribution in [2.75, 3.05) is 31.8 Å². The lowest BCUT2D eigenvalue weighted by molar-refractivity contribution is -0.123. The second-order valence-corrected chi connectivity index (χ2v) is 9.06. The molecule has 0 bridgehead atoms. The van der Waals surface area contributed by atoms with E-state index < -0.39 is 5.97 Å². The number of carbonyl (C=O) groups is 3. The van der Waals surface area contributed by atoms with Crippen LogP contribution in [0.4, 0.5) is 10.5 Å². The molecule has 3 amide bonds. The van der Waals surface area contributed by atoms with Crippen LogP contribution in [0.25, 0.3) is 0 Å². The van der Waals surface area contributed by atoms with Crippen molar-refractivity contribution in [3.63, 3.8) is 0 Å². The molecule has 2 atom stereocenters. The monoisotopic (exact) mass is 495 g/mol. The highest BCUT2D eigenvalue weighted by Crippen LogP contribution is 2.33. The zero-order chi connectivity index (χ0) is 25.5. The molecule has 0 aromatic heterocycles. The van der Waals surface area contributed by atoms with Gasteiger partial charge in [-0.05, 0) is 61.1 Å². The molecule has 0 saturated carbocycles. The van der Waals surface area contributed by atoms with Crippen molar-refractivity contribution in [1.82, 2.24) is 10.2 Å². The van der Waals surface area contributed by atoms with Gasteiger partial charge in [-0.25, -0.2) is 9.59 Å². The third kappa shape index (κ3) is 6.27. The van der Waals surface area contributed by atoms with Crippen LogP contribution >= 0.6 is 0 Å². The SMILES string of the molecule is CCOC(=O)c1cccc(NC(=O)N2CC[C@@H](CC(=O)NCc3ccc4c(c3)OCO4)[C@@H](CC)C2)c1. The molecule has 9 heteroatoms. The quantitative estimate of drug-likeness (QED) is 0.532. The fourth-order valence-electron chi connectivity index (χ4n) is 4.70. The summed E-state index contributed by atoms with van der Waals surface area (Å²) in [6.45, 7) is 5.94. The van der Waals surface area contributed by atoms with Gasteiger partial charge in [-0.15, -0.1) is 0 Å². The summed E-state index contributed by atoms with van der Waals surface area (Å²) >= 11 is 0. The predicted molar refractivity (Wildman–Crippen MR) is 134 cm³/mol. The van der Waals surface area contributed by atoms with E-state index in [0.717, 1.165) is 24.2 Å². The fourth-order valence-corrected chi connectivity index (χ4v) is 4.70. The second-order valence-electron chi connectivity index (χ2n) is 9.06. The van der Waals surface area contributed by atoms with Crippen LogP contribution in [-0.2, 0) is 16.1 Å². The number of ether oxygens (including phenoxy) is 3. The Kier molecular flexibility index (Phi) is 8.30. The highest BCUT2D eigenvalue weighted by molar-refractivity contribution is 5.94. The van der Waals surface area contributed by atoms with Gasteiger partial charge in [0.2, 0.25) is 12.7 Å². The number of urea groups is 1. The number of hydrogen-bond acceptors (Lipinski definition) is 6. The Morgan fingerprint density at radius 2 is 1.89 bits per heavy atom. The van der Waals surface area contributed by atoms with E-state index in [9.17, 15) is 14.4 Å². The zero-order valence-corrected chi connectivity index (χ0v) is 20.7. The third-order valence-corrected chi connectivity index (χ3v) is 6.70. The Morgan fingerprint density at radius 1 is 1.06 bits per heavy atom. The molecule has 1 saturated heterocycles. The Bertz CT molecular complexity index is 1100. The van der Waals surface area contributed by atoms with E-state index in [1.807, 2.05) is 18.2 Å². The summed E-state index contributed by atoms with van der Waals surface area (Å²) < 4.78 is 15.8. The van der Waals surface area contributed by atoms with E-state index >= 15 is 0 Å². The van der Waals surface area contributed by atoms with Crippen LogP contribution < -0.4 is 20.1 Å². The summed E-state index contributed by atoms with van der Waals surface area (Å²) in [6.07, 6.45) is 2.06. The molecule has 4 rings (SSSR count). The first-order chi connectivity index (χ1) is 17.5. The largest absolute Gasteiger partial charge is 0.462 e. The van der Waals surface area contributed by atoms with E-state index in [-0.39, 0.29) is 30.6 Å². The summed E-state index contributed by atoms with van der Waals surface area (Å²) in [6, 6.07) is 12.2. The second kappa shape index (κ2) is 11.8. The number of esters is 1. The molecule has 2 aromatic carbocycles. The number of likely N-dealkylation sites (tertiary alicyclic amines) is 1. The Hall–Kier alpha value is -3.75. The maximum absolute atomic E-state index is 12.9. The van der Waals surface area contributed by atoms with Gasteiger partial charge >= 0.3 is 12.0 Å². The van der Waals surface area contributed by atoms with E-state index in [4.69, 9.17) is 14.2 Å². The molecule has 0 aliphatic carbocycles. The summed E-state index contributed by atoms with van der Waals surface area (Å²) in [5, 5.41) is 5.89. The lowest BCUT2D eigenvalue weighted by Gasteiger charge is -2.38. The van der Waals surface area contributed by atoms with Crippen LogP contribution in [-0.4, -0.2) is 49.3 Å². The highest BCUT2D eigenvalue weighted by Gasteiger charge is 2.32. The average Bonchev–Trinajstić information content (AvgIpc) is 3.36. The van der Waals surface area contributed by atoms with E-state index in [1.54, 1.807) is 36.1 Å². The van der Waals surface area contributed by atoms with Gasteiger partial charge in [-0.1, -0.05) is 25.5 Å². The third-order valence-electron chi connectivity index (χ3n) is 6.70. The van der Waals surface area contributed by atoms with Crippen molar-refractivity contribution in [3.05, 3.63) is 53.6 Å². The Morgan fingerprint density at radius 3 is 2.69 bits per heavy atom. The van der Waals surface area contributed by atoms with Gasteiger partial charge in [0.1, 0.15) is 0 Å². The van der Waals surface area contributed by atoms with Crippen LogP contribution in [0.2, 0.25) is 0 Å². The molecule has 0 radical (unpaired) electrons. The Labute approximate surface area is 211 Å². The molecular formula is C27H33N3O6. The van der Waals surface area contributed by atoms with Crippen molar-refractivity contribution in [2.24, 2.45) is 11.8 Å². The van der Waals surface area contributed by atoms with Gasteiger partial charge < -0.3 is 29.7 Å². The van der Waals surface area contributed by atoms with Gasteiger partial charge in [0, 0.05) is 31.7 Å². The molecule has 2 N–H and O–H groups in total. The topological polar surface area (TPSA) is 106 Å². The number of piperidine rings is 1. The number of nitrogens with one attached hydrogen (secondary N) is 2. The number of rotatable bonds is 8. The molecular weight excluding hydrogens is 462 g/mol. The molecule has 192 valence electrons. The smallest absolute Gasteiger partial charge is 0.338 e. The van der Waals surface area contributed by atoms with Gasteiger partial charge in [0.15, 0.2) is 11.5 Å². The molecule has 2 aliphatic rings. The fraction of sp³-hybridized carbons (Fsp3) is 0.444. The minimum Gasteiger partial charge on any atom is -0.462 e. The van der Waals surface area contributed by atoms with Crippen LogP contribution in [0.15, 0.2) is 42.5 Å². The molecule has 9 nitrogen and oxygen atoms in total. The number of fused-ring (bicyclic) bond motifs is 1. The van der Waals surface area contributed by atoms with Crippen molar-refractivity contribution in [3.8, 4) is 11.5 Å². The normalized spacial score (nSPS) is 18.4. The van der Waals surface area contributed by atoms with E-state index in [0.29, 0.717) is 49.7 Å². The van der Waals surface area contributed by atoms with Crippen LogP contribution in [0.1, 0.15) is 49.0 Å². The molecule has 2 aromatic rings. The zero-order valence-electron chi connectivity index (χ0n) is 20.7. The van der Waals surface area contributed by atoms with Crippen LogP contribution in [0.5, 0.6) is 11.5 Å². The van der Waals surface area contributed by atoms with Gasteiger partial charge in [0.05, 0.1) is 12.2 Å². The standard InChI is InChI=1S/C27H33N3O6/c1-3-19-16-30(27(33)29-22-7-5-6-21(13-22)26(32)34-4-2)11-10-20(19)14-25(31)28-15-18-8-9-23-24(12-18)36-17-35-23/h5-9,12-13,19-20H,3-4,10-11,14-17H2,1-2H3,(H,28,31)(H,29,33)/t19-,20-/m0/s1. The van der Waals surface area contributed by atoms with E-state index in [2.05, 4.69) is 17.6 Å². The maximum Gasteiger partial charge on any atom is 0.338 e. The maximum atomic E-state index is 12.9. The molecule has 2 heterocycles.